The number of carbonyl (C=O) groups is 1. The minimum Gasteiger partial charge on any atom is -0.478 e. The lowest BCUT2D eigenvalue weighted by atomic mass is 10.1. The van der Waals surface area contributed by atoms with Crippen LogP contribution in [0.3, 0.4) is 0 Å². The first-order valence-corrected chi connectivity index (χ1v) is 7.65. The van der Waals surface area contributed by atoms with Gasteiger partial charge in [0.1, 0.15) is 21.2 Å². The second kappa shape index (κ2) is 5.04. The topological polar surface area (TPSA) is 122 Å². The number of carboxylic acids is 1. The summed E-state index contributed by atoms with van der Waals surface area (Å²) in [5, 5.41) is 12.1. The summed E-state index contributed by atoms with van der Waals surface area (Å²) in [4.78, 5) is 15.1. The van der Waals surface area contributed by atoms with Crippen LogP contribution in [0.2, 0.25) is 0 Å². The summed E-state index contributed by atoms with van der Waals surface area (Å²) in [7, 11) is -2.94. The molecule has 2 heterocycles. The molecule has 2 rings (SSSR count). The van der Waals surface area contributed by atoms with E-state index in [0.717, 1.165) is 0 Å². The van der Waals surface area contributed by atoms with Gasteiger partial charge in [-0.05, 0) is 18.9 Å². The molecule has 0 bridgehead atoms. The summed E-state index contributed by atoms with van der Waals surface area (Å²) in [6.07, 6.45) is 2.27. The lowest BCUT2D eigenvalue weighted by molar-refractivity contribution is 0.0697. The summed E-state index contributed by atoms with van der Waals surface area (Å²) in [5.41, 5.74) is 5.77. The van der Waals surface area contributed by atoms with Gasteiger partial charge in [0.25, 0.3) is 0 Å². The largest absolute Gasteiger partial charge is 0.478 e. The van der Waals surface area contributed by atoms with E-state index in [0.29, 0.717) is 12.8 Å². The standard InChI is InChI=1S/C11H15N3O4S/c12-7-5-9(11(15)16)10(13-6-7)14-8-1-3-19(17,18)4-2-8/h5-6,8H,1-4,12H2,(H,13,14)(H,15,16). The van der Waals surface area contributed by atoms with Gasteiger partial charge in [0.2, 0.25) is 0 Å². The molecule has 1 saturated heterocycles. The molecule has 1 aromatic rings. The molecule has 0 amide bonds. The molecule has 1 aromatic heterocycles. The van der Waals surface area contributed by atoms with Crippen LogP contribution in [0.25, 0.3) is 0 Å². The van der Waals surface area contributed by atoms with Crippen molar-refractivity contribution in [1.82, 2.24) is 4.98 Å². The van der Waals surface area contributed by atoms with E-state index in [2.05, 4.69) is 10.3 Å². The predicted molar refractivity (Wildman–Crippen MR) is 70.9 cm³/mol. The van der Waals surface area contributed by atoms with Gasteiger partial charge < -0.3 is 16.2 Å². The van der Waals surface area contributed by atoms with Crippen molar-refractivity contribution in [3.63, 3.8) is 0 Å². The Morgan fingerprint density at radius 3 is 2.63 bits per heavy atom. The third kappa shape index (κ3) is 3.34. The van der Waals surface area contributed by atoms with Gasteiger partial charge >= 0.3 is 5.97 Å². The summed E-state index contributed by atoms with van der Waals surface area (Å²) >= 11 is 0. The Labute approximate surface area is 110 Å². The number of hydrogen-bond donors (Lipinski definition) is 3. The zero-order chi connectivity index (χ0) is 14.0. The highest BCUT2D eigenvalue weighted by molar-refractivity contribution is 7.91. The summed E-state index contributed by atoms with van der Waals surface area (Å²) in [6, 6.07) is 1.25. The number of sulfone groups is 1. The second-order valence-electron chi connectivity index (χ2n) is 4.54. The van der Waals surface area contributed by atoms with Crippen LogP contribution in [-0.2, 0) is 9.84 Å². The number of nitrogen functional groups attached to an aromatic ring is 1. The van der Waals surface area contributed by atoms with Gasteiger partial charge in [-0.2, -0.15) is 0 Å². The molecule has 1 aliphatic rings. The molecule has 4 N–H and O–H groups in total. The Morgan fingerprint density at radius 2 is 2.05 bits per heavy atom. The zero-order valence-electron chi connectivity index (χ0n) is 10.2. The highest BCUT2D eigenvalue weighted by Gasteiger charge is 2.25. The van der Waals surface area contributed by atoms with Gasteiger partial charge in [-0.3, -0.25) is 0 Å². The van der Waals surface area contributed by atoms with Gasteiger partial charge in [-0.15, -0.1) is 0 Å². The number of anilines is 2. The summed E-state index contributed by atoms with van der Waals surface area (Å²) < 4.78 is 22.6. The molecular weight excluding hydrogens is 270 g/mol. The summed E-state index contributed by atoms with van der Waals surface area (Å²) in [5.74, 6) is -0.666. The predicted octanol–water partition coefficient (Wildman–Crippen LogP) is 0.351. The number of carboxylic acid groups (broad SMARTS) is 1. The molecule has 1 aliphatic heterocycles. The maximum absolute atomic E-state index is 11.3. The molecule has 0 radical (unpaired) electrons. The number of nitrogens with one attached hydrogen (secondary N) is 1. The van der Waals surface area contributed by atoms with E-state index in [-0.39, 0.29) is 34.6 Å². The highest BCUT2D eigenvalue weighted by Crippen LogP contribution is 2.20. The first-order valence-electron chi connectivity index (χ1n) is 5.83. The van der Waals surface area contributed by atoms with E-state index in [1.54, 1.807) is 0 Å². The molecule has 0 atom stereocenters. The van der Waals surface area contributed by atoms with Crippen molar-refractivity contribution >= 4 is 27.3 Å². The van der Waals surface area contributed by atoms with Crippen LogP contribution in [0.1, 0.15) is 23.2 Å². The van der Waals surface area contributed by atoms with Crippen molar-refractivity contribution in [2.75, 3.05) is 22.6 Å². The number of pyridine rings is 1. The minimum atomic E-state index is -2.94. The third-order valence-corrected chi connectivity index (χ3v) is 4.75. The van der Waals surface area contributed by atoms with E-state index < -0.39 is 15.8 Å². The van der Waals surface area contributed by atoms with Gasteiger partial charge in [-0.1, -0.05) is 0 Å². The third-order valence-electron chi connectivity index (χ3n) is 3.03. The van der Waals surface area contributed by atoms with Crippen molar-refractivity contribution < 1.29 is 18.3 Å². The van der Waals surface area contributed by atoms with Gasteiger partial charge in [0.05, 0.1) is 23.4 Å². The average molecular weight is 285 g/mol. The quantitative estimate of drug-likeness (QED) is 0.732. The van der Waals surface area contributed by atoms with Crippen LogP contribution < -0.4 is 11.1 Å². The van der Waals surface area contributed by atoms with Crippen molar-refractivity contribution in [3.05, 3.63) is 17.8 Å². The van der Waals surface area contributed by atoms with Crippen LogP contribution in [0.5, 0.6) is 0 Å². The maximum Gasteiger partial charge on any atom is 0.339 e. The summed E-state index contributed by atoms with van der Waals surface area (Å²) in [6.45, 7) is 0. The lowest BCUT2D eigenvalue weighted by Crippen LogP contribution is -2.32. The van der Waals surface area contributed by atoms with E-state index >= 15 is 0 Å². The minimum absolute atomic E-state index is 0.00608. The van der Waals surface area contributed by atoms with Crippen molar-refractivity contribution in [2.45, 2.75) is 18.9 Å². The van der Waals surface area contributed by atoms with Crippen molar-refractivity contribution in [1.29, 1.82) is 0 Å². The Hall–Kier alpha value is -1.83. The molecule has 104 valence electrons. The van der Waals surface area contributed by atoms with Gasteiger partial charge in [0.15, 0.2) is 0 Å². The van der Waals surface area contributed by atoms with Crippen molar-refractivity contribution in [2.24, 2.45) is 0 Å². The van der Waals surface area contributed by atoms with Crippen LogP contribution in [0, 0.1) is 0 Å². The molecule has 0 spiro atoms. The number of hydrogen-bond acceptors (Lipinski definition) is 6. The van der Waals surface area contributed by atoms with Crippen LogP contribution in [0.15, 0.2) is 12.3 Å². The van der Waals surface area contributed by atoms with Gasteiger partial charge in [-0.25, -0.2) is 18.2 Å². The van der Waals surface area contributed by atoms with Crippen LogP contribution in [-0.4, -0.2) is 42.0 Å². The zero-order valence-corrected chi connectivity index (χ0v) is 11.0. The second-order valence-corrected chi connectivity index (χ2v) is 6.84. The fourth-order valence-corrected chi connectivity index (χ4v) is 3.48. The molecular formula is C11H15N3O4S. The fourth-order valence-electron chi connectivity index (χ4n) is 1.99. The lowest BCUT2D eigenvalue weighted by Gasteiger charge is -2.24. The SMILES string of the molecule is Nc1cnc(NC2CCS(=O)(=O)CC2)c(C(=O)O)c1. The Kier molecular flexibility index (Phi) is 3.61. The monoisotopic (exact) mass is 285 g/mol. The number of aromatic carboxylic acids is 1. The van der Waals surface area contributed by atoms with E-state index in [1.807, 2.05) is 0 Å². The fraction of sp³-hybridized carbons (Fsp3) is 0.455. The molecule has 8 heteroatoms. The first-order chi connectivity index (χ1) is 8.87. The maximum atomic E-state index is 11.3. The normalized spacial score (nSPS) is 18.9. The molecule has 1 fully saturated rings. The Morgan fingerprint density at radius 1 is 1.42 bits per heavy atom. The molecule has 0 saturated carbocycles. The number of nitrogens with two attached hydrogens (primary N) is 1. The molecule has 7 nitrogen and oxygen atoms in total. The number of rotatable bonds is 3. The molecule has 0 aromatic carbocycles. The first kappa shape index (κ1) is 13.6. The van der Waals surface area contributed by atoms with Crippen molar-refractivity contribution in [3.8, 4) is 0 Å². The van der Waals surface area contributed by atoms with E-state index in [1.165, 1.54) is 12.3 Å². The highest BCUT2D eigenvalue weighted by atomic mass is 32.2. The van der Waals surface area contributed by atoms with E-state index in [9.17, 15) is 13.2 Å². The Balaban J connectivity index is 2.14. The van der Waals surface area contributed by atoms with Crippen LogP contribution >= 0.6 is 0 Å². The number of nitrogens with zero attached hydrogens (tertiary/aromatic N) is 1. The molecule has 0 unspecified atom stereocenters. The Bertz CT molecular complexity index is 586. The molecule has 0 aliphatic carbocycles. The number of aromatic nitrogens is 1. The van der Waals surface area contributed by atoms with Gasteiger partial charge in [0, 0.05) is 6.04 Å². The molecule has 19 heavy (non-hydrogen) atoms. The average Bonchev–Trinajstić information content (AvgIpc) is 2.33. The van der Waals surface area contributed by atoms with E-state index in [4.69, 9.17) is 10.8 Å². The van der Waals surface area contributed by atoms with Crippen LogP contribution in [0.4, 0.5) is 11.5 Å². The smallest absolute Gasteiger partial charge is 0.339 e.